The number of sulfonamides is 1. The first-order valence-corrected chi connectivity index (χ1v) is 8.74. The third kappa shape index (κ3) is 3.84. The van der Waals surface area contributed by atoms with Crippen LogP contribution in [0.15, 0.2) is 24.3 Å². The predicted molar refractivity (Wildman–Crippen MR) is 82.1 cm³/mol. The van der Waals surface area contributed by atoms with E-state index in [0.29, 0.717) is 5.92 Å². The van der Waals surface area contributed by atoms with Gasteiger partial charge < -0.3 is 4.90 Å². The third-order valence-corrected chi connectivity index (χ3v) is 5.68. The summed E-state index contributed by atoms with van der Waals surface area (Å²) in [6.45, 7) is 0. The molecule has 1 saturated carbocycles. The Bertz CT molecular complexity index is 639. The number of carbonyl (C=O) groups is 1. The molecule has 7 heteroatoms. The summed E-state index contributed by atoms with van der Waals surface area (Å²) in [6, 6.07) is 5.83. The molecule has 0 heterocycles. The minimum absolute atomic E-state index is 0.203. The Morgan fingerprint density at radius 1 is 1.23 bits per heavy atom. The van der Waals surface area contributed by atoms with Gasteiger partial charge in [-0.2, -0.15) is 0 Å². The maximum Gasteiger partial charge on any atom is 0.239 e. The lowest BCUT2D eigenvalue weighted by atomic mass is 10.0. The highest BCUT2D eigenvalue weighted by Crippen LogP contribution is 2.44. The van der Waals surface area contributed by atoms with Gasteiger partial charge in [-0.15, -0.1) is 0 Å². The minimum Gasteiger partial charge on any atom is -0.338 e. The molecule has 1 fully saturated rings. The van der Waals surface area contributed by atoms with Gasteiger partial charge in [0.15, 0.2) is 0 Å². The smallest absolute Gasteiger partial charge is 0.239 e. The highest BCUT2D eigenvalue weighted by atomic mass is 32.2. The summed E-state index contributed by atoms with van der Waals surface area (Å²) in [7, 11) is 0.830. The molecule has 22 heavy (non-hydrogen) atoms. The maximum absolute atomic E-state index is 13.1. The minimum atomic E-state index is -3.59. The van der Waals surface area contributed by atoms with Gasteiger partial charge in [0.2, 0.25) is 15.9 Å². The number of carbonyl (C=O) groups excluding carboxylic acids is 1. The van der Waals surface area contributed by atoms with E-state index < -0.39 is 21.7 Å². The van der Waals surface area contributed by atoms with Crippen LogP contribution in [0.1, 0.15) is 24.4 Å². The monoisotopic (exact) mass is 328 g/mol. The summed E-state index contributed by atoms with van der Waals surface area (Å²) in [4.78, 5) is 13.8. The Hall–Kier alpha value is -1.47. The van der Waals surface area contributed by atoms with Crippen molar-refractivity contribution in [3.63, 3.8) is 0 Å². The van der Waals surface area contributed by atoms with Crippen molar-refractivity contribution in [3.05, 3.63) is 35.6 Å². The predicted octanol–water partition coefficient (Wildman–Crippen LogP) is 1.63. The quantitative estimate of drug-likeness (QED) is 0.797. The molecule has 1 atom stereocenters. The Morgan fingerprint density at radius 3 is 2.23 bits per heavy atom. The molecule has 0 saturated heterocycles. The Kier molecular flexibility index (Phi) is 4.87. The molecule has 1 aliphatic rings. The van der Waals surface area contributed by atoms with Crippen LogP contribution in [0, 0.1) is 11.7 Å². The van der Waals surface area contributed by atoms with Crippen molar-refractivity contribution in [2.75, 3.05) is 26.9 Å². The Balaban J connectivity index is 2.18. The summed E-state index contributed by atoms with van der Waals surface area (Å²) >= 11 is 0. The lowest BCUT2D eigenvalue weighted by Crippen LogP contribution is -2.39. The molecule has 0 spiro atoms. The van der Waals surface area contributed by atoms with Gasteiger partial charge >= 0.3 is 0 Å². The van der Waals surface area contributed by atoms with Crippen LogP contribution in [0.25, 0.3) is 0 Å². The molecule has 0 aliphatic heterocycles. The number of benzene rings is 1. The summed E-state index contributed by atoms with van der Waals surface area (Å²) in [5, 5.41) is 0. The highest BCUT2D eigenvalue weighted by Gasteiger charge is 2.37. The largest absolute Gasteiger partial charge is 0.338 e. The van der Waals surface area contributed by atoms with Gasteiger partial charge in [0.1, 0.15) is 11.6 Å². The molecule has 0 bridgehead atoms. The first-order valence-electron chi connectivity index (χ1n) is 7.13. The highest BCUT2D eigenvalue weighted by molar-refractivity contribution is 7.89. The first kappa shape index (κ1) is 16.9. The zero-order valence-electron chi connectivity index (χ0n) is 13.0. The molecule has 1 aliphatic carbocycles. The molecular formula is C15H21FN2O3S. The van der Waals surface area contributed by atoms with Crippen molar-refractivity contribution in [1.82, 2.24) is 9.21 Å². The van der Waals surface area contributed by atoms with E-state index in [1.165, 1.54) is 31.1 Å². The van der Waals surface area contributed by atoms with Crippen LogP contribution in [-0.2, 0) is 14.8 Å². The Morgan fingerprint density at radius 2 is 1.77 bits per heavy atom. The fourth-order valence-electron chi connectivity index (χ4n) is 2.43. The molecule has 5 nitrogen and oxygen atoms in total. The van der Waals surface area contributed by atoms with Gasteiger partial charge in [0, 0.05) is 21.1 Å². The molecule has 1 amide bonds. The zero-order valence-corrected chi connectivity index (χ0v) is 13.8. The van der Waals surface area contributed by atoms with Gasteiger partial charge in [-0.1, -0.05) is 12.1 Å². The molecule has 0 N–H and O–H groups in total. The molecular weight excluding hydrogens is 307 g/mol. The summed E-state index contributed by atoms with van der Waals surface area (Å²) in [5.74, 6) is -1.03. The van der Waals surface area contributed by atoms with E-state index in [1.54, 1.807) is 19.2 Å². The standard InChI is InChI=1S/C15H21FN2O3S/c1-17(2)22(20,21)10-14(19)18(3)15(11-4-5-11)12-6-8-13(16)9-7-12/h6-9,11,15H,4-5,10H2,1-3H3/t15-/m0/s1. The normalized spacial score (nSPS) is 16.6. The van der Waals surface area contributed by atoms with Gasteiger partial charge in [-0.05, 0) is 36.5 Å². The average molecular weight is 328 g/mol. The van der Waals surface area contributed by atoms with Crippen LogP contribution >= 0.6 is 0 Å². The van der Waals surface area contributed by atoms with Crippen LogP contribution in [0.5, 0.6) is 0 Å². The molecule has 2 rings (SSSR count). The van der Waals surface area contributed by atoms with E-state index in [-0.39, 0.29) is 11.9 Å². The van der Waals surface area contributed by atoms with Crippen molar-refractivity contribution in [2.45, 2.75) is 18.9 Å². The second-order valence-electron chi connectivity index (χ2n) is 5.88. The number of hydrogen-bond donors (Lipinski definition) is 0. The van der Waals surface area contributed by atoms with Crippen LogP contribution in [-0.4, -0.2) is 50.4 Å². The van der Waals surface area contributed by atoms with Crippen molar-refractivity contribution in [3.8, 4) is 0 Å². The van der Waals surface area contributed by atoms with E-state index in [2.05, 4.69) is 0 Å². The van der Waals surface area contributed by atoms with E-state index in [0.717, 1.165) is 22.7 Å². The topological polar surface area (TPSA) is 57.7 Å². The van der Waals surface area contributed by atoms with Gasteiger partial charge in [0.25, 0.3) is 0 Å². The van der Waals surface area contributed by atoms with Gasteiger partial charge in [0.05, 0.1) is 6.04 Å². The van der Waals surface area contributed by atoms with E-state index in [9.17, 15) is 17.6 Å². The number of nitrogens with zero attached hydrogens (tertiary/aromatic N) is 2. The van der Waals surface area contributed by atoms with Gasteiger partial charge in [-0.25, -0.2) is 17.1 Å². The maximum atomic E-state index is 13.1. The second kappa shape index (κ2) is 6.34. The Labute approximate surface area is 130 Å². The third-order valence-electron chi connectivity index (χ3n) is 3.95. The zero-order chi connectivity index (χ0) is 16.5. The lowest BCUT2D eigenvalue weighted by Gasteiger charge is -2.29. The molecule has 122 valence electrons. The molecule has 0 unspecified atom stereocenters. The number of amides is 1. The summed E-state index contributed by atoms with van der Waals surface area (Å²) in [6.07, 6.45) is 1.97. The second-order valence-corrected chi connectivity index (χ2v) is 8.06. The van der Waals surface area contributed by atoms with Crippen molar-refractivity contribution in [2.24, 2.45) is 5.92 Å². The fraction of sp³-hybridized carbons (Fsp3) is 0.533. The van der Waals surface area contributed by atoms with Crippen LogP contribution in [0.3, 0.4) is 0 Å². The summed E-state index contributed by atoms with van der Waals surface area (Å²) in [5.41, 5.74) is 0.835. The number of rotatable bonds is 6. The molecule has 1 aromatic carbocycles. The average Bonchev–Trinajstić information content (AvgIpc) is 3.25. The SMILES string of the molecule is CN(C(=O)CS(=O)(=O)N(C)C)[C@H](c1ccc(F)cc1)C1CC1. The summed E-state index contributed by atoms with van der Waals surface area (Å²) < 4.78 is 37.8. The molecule has 1 aromatic rings. The first-order chi connectivity index (χ1) is 10.2. The van der Waals surface area contributed by atoms with Crippen LogP contribution < -0.4 is 0 Å². The van der Waals surface area contributed by atoms with E-state index in [1.807, 2.05) is 0 Å². The van der Waals surface area contributed by atoms with Gasteiger partial charge in [-0.3, -0.25) is 4.79 Å². The fourth-order valence-corrected chi connectivity index (χ4v) is 3.20. The van der Waals surface area contributed by atoms with E-state index >= 15 is 0 Å². The number of hydrogen-bond acceptors (Lipinski definition) is 3. The van der Waals surface area contributed by atoms with Crippen molar-refractivity contribution < 1.29 is 17.6 Å². The number of halogens is 1. The molecule has 0 radical (unpaired) electrons. The molecule has 0 aromatic heterocycles. The lowest BCUT2D eigenvalue weighted by molar-refractivity contribution is -0.129. The van der Waals surface area contributed by atoms with E-state index in [4.69, 9.17) is 0 Å². The van der Waals surface area contributed by atoms with Crippen LogP contribution in [0.4, 0.5) is 4.39 Å². The van der Waals surface area contributed by atoms with Crippen molar-refractivity contribution in [1.29, 1.82) is 0 Å². The van der Waals surface area contributed by atoms with Crippen molar-refractivity contribution >= 4 is 15.9 Å². The van der Waals surface area contributed by atoms with Crippen LogP contribution in [0.2, 0.25) is 0 Å².